The van der Waals surface area contributed by atoms with Crippen LogP contribution >= 0.6 is 11.8 Å². The lowest BCUT2D eigenvalue weighted by molar-refractivity contribution is -0.119. The third kappa shape index (κ3) is 3.91. The number of aromatic nitrogens is 3. The number of nitrogens with one attached hydrogen (secondary N) is 1. The Morgan fingerprint density at radius 1 is 1.41 bits per heavy atom. The maximum atomic E-state index is 12.0. The fourth-order valence-electron chi connectivity index (χ4n) is 1.86. The van der Waals surface area contributed by atoms with Crippen LogP contribution in [0.3, 0.4) is 0 Å². The molecule has 22 heavy (non-hydrogen) atoms. The number of hydrogen-bond acceptors (Lipinski definition) is 5. The second-order valence-electron chi connectivity index (χ2n) is 5.42. The molecule has 1 amide bonds. The molecule has 6 nitrogen and oxygen atoms in total. The van der Waals surface area contributed by atoms with E-state index in [0.29, 0.717) is 23.3 Å². The van der Waals surface area contributed by atoms with Gasteiger partial charge in [-0.05, 0) is 31.9 Å². The van der Waals surface area contributed by atoms with Crippen molar-refractivity contribution >= 4 is 17.7 Å². The Morgan fingerprint density at radius 3 is 2.77 bits per heavy atom. The van der Waals surface area contributed by atoms with Gasteiger partial charge in [0.1, 0.15) is 0 Å². The number of thioether (sulfide) groups is 1. The molecule has 0 spiro atoms. The van der Waals surface area contributed by atoms with Gasteiger partial charge in [-0.1, -0.05) is 25.6 Å². The topological polar surface area (TPSA) is 73.0 Å². The molecule has 1 unspecified atom stereocenters. The largest absolute Gasteiger partial charge is 0.461 e. The molecule has 0 radical (unpaired) electrons. The minimum atomic E-state index is 0.0106. The summed E-state index contributed by atoms with van der Waals surface area (Å²) in [6.45, 7) is 8.91. The first-order chi connectivity index (χ1) is 10.5. The highest BCUT2D eigenvalue weighted by Gasteiger charge is 2.17. The molecule has 0 aliphatic carbocycles. The SMILES string of the molecule is CCn1c(SCC(=O)NC(C)C(C)C)nnc1-c1ccco1. The Morgan fingerprint density at radius 2 is 2.18 bits per heavy atom. The number of nitrogens with zero attached hydrogens (tertiary/aromatic N) is 3. The molecular formula is C15H22N4O2S. The highest BCUT2D eigenvalue weighted by molar-refractivity contribution is 7.99. The summed E-state index contributed by atoms with van der Waals surface area (Å²) in [7, 11) is 0. The number of carbonyl (C=O) groups is 1. The molecule has 0 saturated carbocycles. The zero-order chi connectivity index (χ0) is 16.1. The van der Waals surface area contributed by atoms with E-state index in [2.05, 4.69) is 29.4 Å². The van der Waals surface area contributed by atoms with Crippen molar-refractivity contribution in [3.05, 3.63) is 18.4 Å². The van der Waals surface area contributed by atoms with Gasteiger partial charge in [0, 0.05) is 12.6 Å². The molecule has 7 heteroatoms. The van der Waals surface area contributed by atoms with Crippen LogP contribution in [-0.4, -0.2) is 32.5 Å². The first kappa shape index (κ1) is 16.6. The van der Waals surface area contributed by atoms with Gasteiger partial charge in [-0.25, -0.2) is 0 Å². The van der Waals surface area contributed by atoms with E-state index in [0.717, 1.165) is 11.7 Å². The molecule has 0 aromatic carbocycles. The number of furan rings is 1. The standard InChI is InChI=1S/C15H22N4O2S/c1-5-19-14(12-7-6-8-21-12)17-18-15(19)22-9-13(20)16-11(4)10(2)3/h6-8,10-11H,5,9H2,1-4H3,(H,16,20). The van der Waals surface area contributed by atoms with Gasteiger partial charge >= 0.3 is 0 Å². The van der Waals surface area contributed by atoms with E-state index >= 15 is 0 Å². The maximum absolute atomic E-state index is 12.0. The summed E-state index contributed by atoms with van der Waals surface area (Å²) in [5.74, 6) is 2.12. The molecule has 0 aliphatic rings. The summed E-state index contributed by atoms with van der Waals surface area (Å²) in [5, 5.41) is 12.0. The fourth-order valence-corrected chi connectivity index (χ4v) is 2.67. The van der Waals surface area contributed by atoms with E-state index in [1.165, 1.54) is 11.8 Å². The lowest BCUT2D eigenvalue weighted by atomic mass is 10.1. The van der Waals surface area contributed by atoms with Crippen molar-refractivity contribution in [2.75, 3.05) is 5.75 Å². The van der Waals surface area contributed by atoms with Gasteiger partial charge < -0.3 is 9.73 Å². The van der Waals surface area contributed by atoms with E-state index in [9.17, 15) is 4.79 Å². The Balaban J connectivity index is 2.00. The minimum absolute atomic E-state index is 0.0106. The molecule has 2 heterocycles. The maximum Gasteiger partial charge on any atom is 0.230 e. The fraction of sp³-hybridized carbons (Fsp3) is 0.533. The van der Waals surface area contributed by atoms with E-state index in [1.807, 2.05) is 30.5 Å². The Labute approximate surface area is 134 Å². The number of carbonyl (C=O) groups excluding carboxylic acids is 1. The van der Waals surface area contributed by atoms with Crippen LogP contribution in [0.25, 0.3) is 11.6 Å². The van der Waals surface area contributed by atoms with Crippen LogP contribution in [-0.2, 0) is 11.3 Å². The molecule has 1 N–H and O–H groups in total. The minimum Gasteiger partial charge on any atom is -0.461 e. The first-order valence-electron chi connectivity index (χ1n) is 7.42. The lowest BCUT2D eigenvalue weighted by Crippen LogP contribution is -2.37. The van der Waals surface area contributed by atoms with Crippen molar-refractivity contribution in [3.8, 4) is 11.6 Å². The highest BCUT2D eigenvalue weighted by Crippen LogP contribution is 2.24. The third-order valence-corrected chi connectivity index (χ3v) is 4.46. The predicted octanol–water partition coefficient (Wildman–Crippen LogP) is 2.81. The summed E-state index contributed by atoms with van der Waals surface area (Å²) in [4.78, 5) is 12.0. The van der Waals surface area contributed by atoms with Gasteiger partial charge in [0.25, 0.3) is 0 Å². The summed E-state index contributed by atoms with van der Waals surface area (Å²) in [6, 6.07) is 3.83. The highest BCUT2D eigenvalue weighted by atomic mass is 32.2. The Kier molecular flexibility index (Phi) is 5.65. The number of hydrogen-bond donors (Lipinski definition) is 1. The number of rotatable bonds is 7. The summed E-state index contributed by atoms with van der Waals surface area (Å²) in [6.07, 6.45) is 1.61. The molecule has 2 rings (SSSR count). The Bertz CT molecular complexity index is 607. The molecule has 0 aliphatic heterocycles. The van der Waals surface area contributed by atoms with Gasteiger partial charge in [0.05, 0.1) is 12.0 Å². The van der Waals surface area contributed by atoms with Crippen molar-refractivity contribution in [3.63, 3.8) is 0 Å². The van der Waals surface area contributed by atoms with E-state index in [-0.39, 0.29) is 11.9 Å². The van der Waals surface area contributed by atoms with Gasteiger partial charge in [0.15, 0.2) is 16.7 Å². The van der Waals surface area contributed by atoms with E-state index in [4.69, 9.17) is 4.42 Å². The monoisotopic (exact) mass is 322 g/mol. The second kappa shape index (κ2) is 7.49. The molecule has 0 bridgehead atoms. The summed E-state index contributed by atoms with van der Waals surface area (Å²) < 4.78 is 7.32. The van der Waals surface area contributed by atoms with Crippen LogP contribution in [0.5, 0.6) is 0 Å². The van der Waals surface area contributed by atoms with E-state index in [1.54, 1.807) is 6.26 Å². The van der Waals surface area contributed by atoms with Crippen LogP contribution < -0.4 is 5.32 Å². The molecule has 120 valence electrons. The average molecular weight is 322 g/mol. The zero-order valence-electron chi connectivity index (χ0n) is 13.4. The molecule has 0 fully saturated rings. The van der Waals surface area contributed by atoms with Crippen LogP contribution in [0.4, 0.5) is 0 Å². The van der Waals surface area contributed by atoms with Crippen LogP contribution in [0, 0.1) is 5.92 Å². The van der Waals surface area contributed by atoms with Gasteiger partial charge in [-0.2, -0.15) is 0 Å². The molecule has 0 saturated heterocycles. The number of amides is 1. The van der Waals surface area contributed by atoms with Crippen molar-refractivity contribution in [2.24, 2.45) is 5.92 Å². The van der Waals surface area contributed by atoms with E-state index < -0.39 is 0 Å². The third-order valence-electron chi connectivity index (χ3n) is 3.50. The second-order valence-corrected chi connectivity index (χ2v) is 6.36. The first-order valence-corrected chi connectivity index (χ1v) is 8.40. The van der Waals surface area contributed by atoms with Crippen LogP contribution in [0.15, 0.2) is 28.0 Å². The smallest absolute Gasteiger partial charge is 0.230 e. The van der Waals surface area contributed by atoms with Crippen molar-refractivity contribution < 1.29 is 9.21 Å². The van der Waals surface area contributed by atoms with Crippen molar-refractivity contribution in [1.82, 2.24) is 20.1 Å². The van der Waals surface area contributed by atoms with Gasteiger partial charge in [-0.15, -0.1) is 10.2 Å². The van der Waals surface area contributed by atoms with Crippen molar-refractivity contribution in [1.29, 1.82) is 0 Å². The van der Waals surface area contributed by atoms with Crippen LogP contribution in [0.2, 0.25) is 0 Å². The van der Waals surface area contributed by atoms with Gasteiger partial charge in [-0.3, -0.25) is 9.36 Å². The molecule has 1 atom stereocenters. The molecular weight excluding hydrogens is 300 g/mol. The van der Waals surface area contributed by atoms with Crippen molar-refractivity contribution in [2.45, 2.75) is 45.4 Å². The average Bonchev–Trinajstić information content (AvgIpc) is 3.13. The van der Waals surface area contributed by atoms with Crippen LogP contribution in [0.1, 0.15) is 27.7 Å². The van der Waals surface area contributed by atoms with Gasteiger partial charge in [0.2, 0.25) is 5.91 Å². The predicted molar refractivity (Wildman–Crippen MR) is 86.6 cm³/mol. The molecule has 2 aromatic heterocycles. The zero-order valence-corrected chi connectivity index (χ0v) is 14.2. The quantitative estimate of drug-likeness (QED) is 0.794. The Hall–Kier alpha value is -1.76. The lowest BCUT2D eigenvalue weighted by Gasteiger charge is -2.17. The summed E-state index contributed by atoms with van der Waals surface area (Å²) >= 11 is 1.39. The molecule has 2 aromatic rings. The summed E-state index contributed by atoms with van der Waals surface area (Å²) in [5.41, 5.74) is 0. The normalized spacial score (nSPS) is 12.6.